The summed E-state index contributed by atoms with van der Waals surface area (Å²) in [6, 6.07) is 5.42. The SMILES string of the molecule is O=c1c(O[C@@H]2OC(CO)[C@@H](O)C(O)C2O[C@@H]2OC(CO)[C@@H](O)C(O)[C@H]2O)c(-c2ccc(O)cc2)oc2c(O[C@@H]3OC(CO)[C@H](O)[C@H](O)C3O)c(O)cc(O)c12. The summed E-state index contributed by atoms with van der Waals surface area (Å²) < 4.78 is 39.6. The quantitative estimate of drug-likeness (QED) is 0.0912. The minimum Gasteiger partial charge on any atom is -0.508 e. The van der Waals surface area contributed by atoms with Crippen molar-refractivity contribution in [3.63, 3.8) is 0 Å². The lowest BCUT2D eigenvalue weighted by Crippen LogP contribution is -2.65. The fourth-order valence-electron chi connectivity index (χ4n) is 6.35. The number of phenolic OH excluding ortho intramolecular Hbond substituents is 3. The van der Waals surface area contributed by atoms with Crippen molar-refractivity contribution in [2.75, 3.05) is 19.8 Å². The first-order valence-corrected chi connectivity index (χ1v) is 16.7. The second-order valence-electron chi connectivity index (χ2n) is 13.0. The minimum absolute atomic E-state index is 0.0464. The average molecular weight is 789 g/mol. The number of phenols is 3. The lowest BCUT2D eigenvalue weighted by Gasteiger charge is -2.45. The molecule has 7 unspecified atom stereocenters. The molecule has 0 aliphatic carbocycles. The van der Waals surface area contributed by atoms with E-state index in [0.29, 0.717) is 6.07 Å². The third-order valence-electron chi connectivity index (χ3n) is 9.45. The van der Waals surface area contributed by atoms with Gasteiger partial charge in [0.25, 0.3) is 0 Å². The summed E-state index contributed by atoms with van der Waals surface area (Å²) in [6.07, 6.45) is -27.9. The molecule has 22 heteroatoms. The molecule has 3 saturated heterocycles. The van der Waals surface area contributed by atoms with Crippen LogP contribution in [0.3, 0.4) is 0 Å². The fourth-order valence-corrected chi connectivity index (χ4v) is 6.35. The van der Waals surface area contributed by atoms with Crippen LogP contribution in [0.2, 0.25) is 0 Å². The molecule has 2 aromatic carbocycles. The number of aliphatic hydroxyl groups excluding tert-OH is 11. The van der Waals surface area contributed by atoms with E-state index in [0.717, 1.165) is 0 Å². The van der Waals surface area contributed by atoms with Crippen LogP contribution >= 0.6 is 0 Å². The molecule has 3 fully saturated rings. The second-order valence-corrected chi connectivity index (χ2v) is 13.0. The number of benzene rings is 2. The van der Waals surface area contributed by atoms with Crippen LogP contribution in [0.4, 0.5) is 0 Å². The van der Waals surface area contributed by atoms with Crippen LogP contribution in [0.5, 0.6) is 28.7 Å². The zero-order valence-electron chi connectivity index (χ0n) is 28.2. The van der Waals surface area contributed by atoms with Gasteiger partial charge < -0.3 is 104 Å². The fraction of sp³-hybridized carbons (Fsp3) is 0.545. The number of fused-ring (bicyclic) bond motifs is 1. The maximum Gasteiger partial charge on any atom is 0.239 e. The molecule has 3 aliphatic heterocycles. The summed E-state index contributed by atoms with van der Waals surface area (Å²) in [5.74, 6) is -4.25. The van der Waals surface area contributed by atoms with E-state index in [1.165, 1.54) is 24.3 Å². The van der Waals surface area contributed by atoms with Gasteiger partial charge >= 0.3 is 0 Å². The van der Waals surface area contributed by atoms with Crippen LogP contribution < -0.4 is 14.9 Å². The zero-order chi connectivity index (χ0) is 40.0. The Kier molecular flexibility index (Phi) is 12.0. The van der Waals surface area contributed by atoms with Gasteiger partial charge in [0.2, 0.25) is 29.5 Å². The summed E-state index contributed by atoms with van der Waals surface area (Å²) in [6.45, 7) is -2.64. The van der Waals surface area contributed by atoms with E-state index in [4.69, 9.17) is 32.8 Å². The van der Waals surface area contributed by atoms with Crippen molar-refractivity contribution in [3.8, 4) is 40.1 Å². The van der Waals surface area contributed by atoms with Gasteiger partial charge in [-0.3, -0.25) is 4.79 Å². The third kappa shape index (κ3) is 7.51. The van der Waals surface area contributed by atoms with E-state index < -0.39 is 157 Å². The molecule has 0 spiro atoms. The molecule has 0 radical (unpaired) electrons. The summed E-state index contributed by atoms with van der Waals surface area (Å²) in [5, 5.41) is 144. The Morgan fingerprint density at radius 2 is 1.05 bits per heavy atom. The third-order valence-corrected chi connectivity index (χ3v) is 9.45. The number of aromatic hydroxyl groups is 3. The highest BCUT2D eigenvalue weighted by Gasteiger charge is 2.52. The summed E-state index contributed by atoms with van der Waals surface area (Å²) in [4.78, 5) is 14.4. The number of aliphatic hydroxyl groups is 11. The van der Waals surface area contributed by atoms with E-state index in [1.807, 2.05) is 0 Å². The molecule has 3 aromatic rings. The van der Waals surface area contributed by atoms with Crippen molar-refractivity contribution in [1.82, 2.24) is 0 Å². The summed E-state index contributed by atoms with van der Waals surface area (Å²) in [7, 11) is 0. The molecule has 6 rings (SSSR count). The molecule has 55 heavy (non-hydrogen) atoms. The van der Waals surface area contributed by atoms with Crippen molar-refractivity contribution >= 4 is 11.0 Å². The molecule has 15 atom stereocenters. The second kappa shape index (κ2) is 16.3. The Morgan fingerprint density at radius 1 is 0.564 bits per heavy atom. The highest BCUT2D eigenvalue weighted by Crippen LogP contribution is 2.45. The molecule has 0 saturated carbocycles. The van der Waals surface area contributed by atoms with Gasteiger partial charge in [-0.15, -0.1) is 0 Å². The normalized spacial score (nSPS) is 36.8. The van der Waals surface area contributed by atoms with Crippen molar-refractivity contribution in [2.45, 2.75) is 92.1 Å². The summed E-state index contributed by atoms with van der Waals surface area (Å²) in [5.41, 5.74) is -2.02. The monoisotopic (exact) mass is 788 g/mol. The minimum atomic E-state index is -2.06. The van der Waals surface area contributed by atoms with E-state index in [1.54, 1.807) is 0 Å². The molecule has 1 aromatic heterocycles. The maximum atomic E-state index is 14.4. The van der Waals surface area contributed by atoms with Gasteiger partial charge in [-0.2, -0.15) is 0 Å². The molecule has 0 bridgehead atoms. The Balaban J connectivity index is 1.47. The van der Waals surface area contributed by atoms with Crippen LogP contribution in [0, 0.1) is 0 Å². The number of hydrogen-bond donors (Lipinski definition) is 14. The molecule has 304 valence electrons. The van der Waals surface area contributed by atoms with Gasteiger partial charge in [0.1, 0.15) is 84.0 Å². The van der Waals surface area contributed by atoms with E-state index in [9.17, 15) is 76.3 Å². The van der Waals surface area contributed by atoms with Crippen LogP contribution in [-0.4, -0.2) is 183 Å². The summed E-state index contributed by atoms with van der Waals surface area (Å²) >= 11 is 0. The topological polar surface area (TPSA) is 369 Å². The van der Waals surface area contributed by atoms with Crippen molar-refractivity contribution in [2.24, 2.45) is 0 Å². The van der Waals surface area contributed by atoms with E-state index in [2.05, 4.69) is 0 Å². The van der Waals surface area contributed by atoms with Gasteiger partial charge in [-0.1, -0.05) is 0 Å². The number of rotatable bonds is 10. The molecule has 0 amide bonds. The lowest BCUT2D eigenvalue weighted by molar-refractivity contribution is -0.358. The van der Waals surface area contributed by atoms with Gasteiger partial charge in [-0.25, -0.2) is 0 Å². The lowest BCUT2D eigenvalue weighted by atomic mass is 9.97. The molecule has 4 heterocycles. The van der Waals surface area contributed by atoms with Crippen LogP contribution in [0.1, 0.15) is 0 Å². The smallest absolute Gasteiger partial charge is 0.239 e. The molecule has 22 nitrogen and oxygen atoms in total. The molecular formula is C33H40O22. The highest BCUT2D eigenvalue weighted by molar-refractivity contribution is 5.93. The Hall–Kier alpha value is -3.95. The Bertz CT molecular complexity index is 1850. The molecular weight excluding hydrogens is 748 g/mol. The van der Waals surface area contributed by atoms with E-state index in [-0.39, 0.29) is 11.3 Å². The highest BCUT2D eigenvalue weighted by atomic mass is 16.8. The molecule has 3 aliphatic rings. The zero-order valence-corrected chi connectivity index (χ0v) is 28.2. The largest absolute Gasteiger partial charge is 0.508 e. The van der Waals surface area contributed by atoms with Gasteiger partial charge in [0.05, 0.1) is 19.8 Å². The predicted octanol–water partition coefficient (Wildman–Crippen LogP) is -5.24. The van der Waals surface area contributed by atoms with E-state index >= 15 is 0 Å². The first-order chi connectivity index (χ1) is 26.1. The number of ether oxygens (including phenoxy) is 6. The Labute approximate surface area is 307 Å². The van der Waals surface area contributed by atoms with Gasteiger partial charge in [0.15, 0.2) is 29.5 Å². The van der Waals surface area contributed by atoms with Crippen LogP contribution in [0.25, 0.3) is 22.3 Å². The first kappa shape index (κ1) is 40.7. The Morgan fingerprint density at radius 3 is 1.62 bits per heavy atom. The number of hydrogen-bond acceptors (Lipinski definition) is 22. The first-order valence-electron chi connectivity index (χ1n) is 16.7. The average Bonchev–Trinajstić information content (AvgIpc) is 3.16. The predicted molar refractivity (Wildman–Crippen MR) is 174 cm³/mol. The standard InChI is InChI=1S/C33H40O22/c34-6-13-17(40)21(44)24(47)31(49-13)53-27-12(39)5-11(38)16-20(43)29(26(52-28(16)27)9-1-3-10(37)4-2-9)54-33-30(23(46)19(42)15(8-36)51-33)55-32-25(48)22(45)18(41)14(7-35)50-32/h1-5,13-15,17-19,21-25,30-42,44-48H,6-8H2/t13?,14?,15?,17-,18+,19+,21-,22?,23?,24?,25+,30?,31-,32-,33-/m0/s1. The van der Waals surface area contributed by atoms with Gasteiger partial charge in [0, 0.05) is 11.6 Å². The van der Waals surface area contributed by atoms with Gasteiger partial charge in [-0.05, 0) is 24.3 Å². The van der Waals surface area contributed by atoms with Crippen LogP contribution in [0.15, 0.2) is 39.5 Å². The van der Waals surface area contributed by atoms with Crippen molar-refractivity contribution in [3.05, 3.63) is 40.6 Å². The molecule has 14 N–H and O–H groups in total. The van der Waals surface area contributed by atoms with Crippen LogP contribution in [-0.2, 0) is 18.9 Å². The maximum absolute atomic E-state index is 14.4. The van der Waals surface area contributed by atoms with Crippen molar-refractivity contribution < 1.29 is 104 Å². The van der Waals surface area contributed by atoms with Crippen molar-refractivity contribution in [1.29, 1.82) is 0 Å².